The van der Waals surface area contributed by atoms with Crippen molar-refractivity contribution in [3.8, 4) is 18.1 Å². The van der Waals surface area contributed by atoms with Gasteiger partial charge in [-0.3, -0.25) is 4.79 Å². The van der Waals surface area contributed by atoms with Crippen molar-refractivity contribution in [2.45, 2.75) is 64.0 Å². The molecule has 0 radical (unpaired) electrons. The highest BCUT2D eigenvalue weighted by Gasteiger charge is 2.50. The summed E-state index contributed by atoms with van der Waals surface area (Å²) in [5, 5.41) is 12.3. The summed E-state index contributed by atoms with van der Waals surface area (Å²) in [5.41, 5.74) is 0.444. The second-order valence-corrected chi connectivity index (χ2v) is 9.27. The van der Waals surface area contributed by atoms with E-state index in [9.17, 15) is 14.7 Å². The second kappa shape index (κ2) is 9.37. The van der Waals surface area contributed by atoms with Crippen LogP contribution < -0.4 is 15.0 Å². The fourth-order valence-electron chi connectivity index (χ4n) is 5.34. The van der Waals surface area contributed by atoms with E-state index < -0.39 is 6.09 Å². The van der Waals surface area contributed by atoms with E-state index in [2.05, 4.69) is 26.0 Å². The molecule has 172 valence electrons. The van der Waals surface area contributed by atoms with Gasteiger partial charge in [-0.15, -0.1) is 6.42 Å². The minimum atomic E-state index is -0.607. The third kappa shape index (κ3) is 4.53. The van der Waals surface area contributed by atoms with Gasteiger partial charge in [0.05, 0.1) is 24.3 Å². The van der Waals surface area contributed by atoms with Gasteiger partial charge >= 0.3 is 6.09 Å². The first-order valence-corrected chi connectivity index (χ1v) is 11.5. The molecule has 2 amide bonds. The minimum Gasteiger partial charge on any atom is -0.408 e. The van der Waals surface area contributed by atoms with Gasteiger partial charge in [0.25, 0.3) is 0 Å². The molecule has 1 aromatic heterocycles. The van der Waals surface area contributed by atoms with E-state index in [1.807, 2.05) is 13.0 Å². The number of terminal acetylenes is 1. The molecular formula is C24H32N4O4. The van der Waals surface area contributed by atoms with Crippen LogP contribution in [-0.2, 0) is 4.79 Å². The van der Waals surface area contributed by atoms with Gasteiger partial charge in [0, 0.05) is 25.7 Å². The number of anilines is 1. The molecule has 1 atom stereocenters. The van der Waals surface area contributed by atoms with Crippen molar-refractivity contribution in [3.05, 3.63) is 17.8 Å². The van der Waals surface area contributed by atoms with E-state index in [-0.39, 0.29) is 30.0 Å². The molecule has 2 aliphatic heterocycles. The average molecular weight is 441 g/mol. The Kier molecular flexibility index (Phi) is 6.56. The molecule has 1 unspecified atom stereocenters. The van der Waals surface area contributed by atoms with Gasteiger partial charge in [0.1, 0.15) is 5.82 Å². The molecule has 3 fully saturated rings. The first-order chi connectivity index (χ1) is 15.4. The van der Waals surface area contributed by atoms with Crippen LogP contribution in [0.4, 0.5) is 10.6 Å². The molecule has 0 aromatic carbocycles. The number of aliphatic hydroxyl groups is 1. The molecule has 2 saturated heterocycles. The fraction of sp³-hybridized carbons (Fsp3) is 0.625. The summed E-state index contributed by atoms with van der Waals surface area (Å²) in [7, 11) is 0. The molecule has 4 rings (SSSR count). The molecule has 0 bridgehead atoms. The van der Waals surface area contributed by atoms with E-state index in [4.69, 9.17) is 11.2 Å². The summed E-state index contributed by atoms with van der Waals surface area (Å²) in [5.74, 6) is 3.78. The normalized spacial score (nSPS) is 28.0. The molecule has 1 spiro atoms. The lowest BCUT2D eigenvalue weighted by Crippen LogP contribution is -2.50. The summed E-state index contributed by atoms with van der Waals surface area (Å²) in [6.07, 6.45) is 11.9. The van der Waals surface area contributed by atoms with Gasteiger partial charge < -0.3 is 25.0 Å². The molecule has 2 N–H and O–H groups in total. The van der Waals surface area contributed by atoms with Gasteiger partial charge in [0.15, 0.2) is 5.75 Å². The number of aryl methyl sites for hydroxylation is 1. The standard InChI is InChI=1S/C24H32N4O4/c1-3-11-25-23(31)32-20-15-26-21(14-17(20)2)27-12-4-9-24(16-27)10-13-28(22(24)30)18-5-7-19(29)8-6-18/h1,14-15,18-19,29H,4-13,16H2,2H3,(H,25,31). The van der Waals surface area contributed by atoms with Gasteiger partial charge in [0.2, 0.25) is 5.91 Å². The number of rotatable bonds is 4. The maximum atomic E-state index is 13.5. The molecule has 1 aromatic rings. The first-order valence-electron chi connectivity index (χ1n) is 11.5. The SMILES string of the molecule is C#CCNC(=O)Oc1cnc(N2CCCC3(CCN(C4CCC(O)CC4)C3=O)C2)cc1C. The predicted octanol–water partition coefficient (Wildman–Crippen LogP) is 2.23. The lowest BCUT2D eigenvalue weighted by atomic mass is 9.78. The van der Waals surface area contributed by atoms with Crippen LogP contribution in [0.3, 0.4) is 0 Å². The number of aromatic nitrogens is 1. The molecular weight excluding hydrogens is 408 g/mol. The van der Waals surface area contributed by atoms with Crippen LogP contribution >= 0.6 is 0 Å². The van der Waals surface area contributed by atoms with E-state index >= 15 is 0 Å². The number of hydrogen-bond acceptors (Lipinski definition) is 6. The Bertz CT molecular complexity index is 906. The number of aliphatic hydroxyl groups excluding tert-OH is 1. The highest BCUT2D eigenvalue weighted by Crippen LogP contribution is 2.43. The van der Waals surface area contributed by atoms with E-state index in [1.54, 1.807) is 6.20 Å². The third-order valence-electron chi connectivity index (χ3n) is 7.14. The number of carbonyl (C=O) groups excluding carboxylic acids is 2. The number of nitrogens with one attached hydrogen (secondary N) is 1. The minimum absolute atomic E-state index is 0.103. The Morgan fingerprint density at radius 2 is 2.12 bits per heavy atom. The molecule has 8 heteroatoms. The van der Waals surface area contributed by atoms with Gasteiger partial charge in [-0.2, -0.15) is 0 Å². The van der Waals surface area contributed by atoms with Crippen LogP contribution in [0.25, 0.3) is 0 Å². The zero-order chi connectivity index (χ0) is 22.7. The third-order valence-corrected chi connectivity index (χ3v) is 7.14. The van der Waals surface area contributed by atoms with Crippen molar-refractivity contribution in [2.24, 2.45) is 5.41 Å². The molecule has 1 saturated carbocycles. The number of amides is 2. The van der Waals surface area contributed by atoms with Crippen LogP contribution in [-0.4, -0.2) is 65.3 Å². The van der Waals surface area contributed by atoms with E-state index in [1.165, 1.54) is 0 Å². The van der Waals surface area contributed by atoms with Crippen LogP contribution in [0, 0.1) is 24.7 Å². The highest BCUT2D eigenvalue weighted by molar-refractivity contribution is 5.86. The van der Waals surface area contributed by atoms with E-state index in [0.29, 0.717) is 12.3 Å². The van der Waals surface area contributed by atoms with Gasteiger partial charge in [-0.25, -0.2) is 9.78 Å². The zero-order valence-corrected chi connectivity index (χ0v) is 18.7. The largest absolute Gasteiger partial charge is 0.413 e. The average Bonchev–Trinajstić information content (AvgIpc) is 3.09. The van der Waals surface area contributed by atoms with Crippen molar-refractivity contribution in [1.29, 1.82) is 0 Å². The molecule has 1 aliphatic carbocycles. The Morgan fingerprint density at radius 1 is 1.34 bits per heavy atom. The topological polar surface area (TPSA) is 95.0 Å². The zero-order valence-electron chi connectivity index (χ0n) is 18.7. The first kappa shape index (κ1) is 22.4. The summed E-state index contributed by atoms with van der Waals surface area (Å²) in [6.45, 7) is 4.28. The Balaban J connectivity index is 1.43. The Morgan fingerprint density at radius 3 is 2.84 bits per heavy atom. The maximum absolute atomic E-state index is 13.5. The van der Waals surface area contributed by atoms with Crippen molar-refractivity contribution in [3.63, 3.8) is 0 Å². The lowest BCUT2D eigenvalue weighted by molar-refractivity contribution is -0.139. The molecule has 8 nitrogen and oxygen atoms in total. The highest BCUT2D eigenvalue weighted by atomic mass is 16.6. The smallest absolute Gasteiger partial charge is 0.408 e. The van der Waals surface area contributed by atoms with Crippen molar-refractivity contribution in [2.75, 3.05) is 31.1 Å². The lowest BCUT2D eigenvalue weighted by Gasteiger charge is -2.41. The van der Waals surface area contributed by atoms with Crippen molar-refractivity contribution in [1.82, 2.24) is 15.2 Å². The van der Waals surface area contributed by atoms with Crippen LogP contribution in [0.1, 0.15) is 50.5 Å². The Labute approximate surface area is 189 Å². The number of nitrogens with zero attached hydrogens (tertiary/aromatic N) is 3. The van der Waals surface area contributed by atoms with Gasteiger partial charge in [-0.05, 0) is 63.5 Å². The monoisotopic (exact) mass is 440 g/mol. The number of ether oxygens (including phenoxy) is 1. The predicted molar refractivity (Wildman–Crippen MR) is 120 cm³/mol. The molecule has 3 heterocycles. The second-order valence-electron chi connectivity index (χ2n) is 9.27. The number of piperidine rings is 1. The van der Waals surface area contributed by atoms with Crippen LogP contribution in [0.2, 0.25) is 0 Å². The van der Waals surface area contributed by atoms with Gasteiger partial charge in [-0.1, -0.05) is 5.92 Å². The number of hydrogen-bond donors (Lipinski definition) is 2. The Hall–Kier alpha value is -2.79. The number of likely N-dealkylation sites (tertiary alicyclic amines) is 1. The molecule has 3 aliphatic rings. The van der Waals surface area contributed by atoms with Crippen molar-refractivity contribution >= 4 is 17.8 Å². The number of carbonyl (C=O) groups is 2. The fourth-order valence-corrected chi connectivity index (χ4v) is 5.34. The summed E-state index contributed by atoms with van der Waals surface area (Å²) in [6, 6.07) is 2.17. The quantitative estimate of drug-likeness (QED) is 0.698. The van der Waals surface area contributed by atoms with E-state index in [0.717, 1.165) is 69.4 Å². The summed E-state index contributed by atoms with van der Waals surface area (Å²) in [4.78, 5) is 34.1. The van der Waals surface area contributed by atoms with Crippen LogP contribution in [0.5, 0.6) is 5.75 Å². The summed E-state index contributed by atoms with van der Waals surface area (Å²) < 4.78 is 5.28. The van der Waals surface area contributed by atoms with Crippen LogP contribution in [0.15, 0.2) is 12.3 Å². The maximum Gasteiger partial charge on any atom is 0.413 e. The summed E-state index contributed by atoms with van der Waals surface area (Å²) >= 11 is 0. The molecule has 32 heavy (non-hydrogen) atoms. The number of pyridine rings is 1. The van der Waals surface area contributed by atoms with Crippen molar-refractivity contribution < 1.29 is 19.4 Å².